The molecule has 1 atom stereocenters. The van der Waals surface area contributed by atoms with Gasteiger partial charge in [0.25, 0.3) is 0 Å². The molecule has 1 nitrogen and oxygen atoms in total. The van der Waals surface area contributed by atoms with Crippen LogP contribution in [0.5, 0.6) is 0 Å². The molecule has 1 aliphatic rings. The molecule has 2 heteroatoms. The second-order valence-electron chi connectivity index (χ2n) is 3.00. The number of para-hydroxylation sites is 1. The normalized spacial score (nSPS) is 20.2. The van der Waals surface area contributed by atoms with E-state index >= 15 is 0 Å². The zero-order chi connectivity index (χ0) is 7.68. The first kappa shape index (κ1) is 9.70. The van der Waals surface area contributed by atoms with Crippen molar-refractivity contribution in [2.75, 3.05) is 11.9 Å². The molecule has 12 heavy (non-hydrogen) atoms. The quantitative estimate of drug-likeness (QED) is 0.388. The maximum Gasteiger partial charge on any atom is 1.00 e. The Bertz CT molecular complexity index is 260. The molecule has 0 amide bonds. The average molecular weight is 153 g/mol. The van der Waals surface area contributed by atoms with E-state index in [4.69, 9.17) is 0 Å². The summed E-state index contributed by atoms with van der Waals surface area (Å²) in [4.78, 5) is 0. The van der Waals surface area contributed by atoms with Crippen molar-refractivity contribution >= 4 is 5.69 Å². The molecule has 0 aliphatic carbocycles. The number of hydrogen-bond donors (Lipinski definition) is 1. The van der Waals surface area contributed by atoms with E-state index in [-0.39, 0.29) is 18.9 Å². The van der Waals surface area contributed by atoms with Crippen LogP contribution in [0.2, 0.25) is 0 Å². The van der Waals surface area contributed by atoms with E-state index < -0.39 is 0 Å². The molecule has 1 aliphatic heterocycles. The average Bonchev–Trinajstić information content (AvgIpc) is 2.06. The van der Waals surface area contributed by atoms with Gasteiger partial charge in [0.05, 0.1) is 0 Å². The van der Waals surface area contributed by atoms with Gasteiger partial charge in [0.15, 0.2) is 0 Å². The molecule has 0 fully saturated rings. The predicted octanol–water partition coefficient (Wildman–Crippen LogP) is -0.576. The standard InChI is InChI=1S/C10H12N.Li/c1-8-6-7-11-10-5-3-2-4-9(8)10;/h2-5,8,11H,1,6-7H2;/q-1;+1. The summed E-state index contributed by atoms with van der Waals surface area (Å²) in [7, 11) is 0. The van der Waals surface area contributed by atoms with Gasteiger partial charge >= 0.3 is 18.9 Å². The van der Waals surface area contributed by atoms with E-state index in [1.165, 1.54) is 11.3 Å². The minimum Gasteiger partial charge on any atom is -0.385 e. The molecule has 1 aromatic carbocycles. The van der Waals surface area contributed by atoms with E-state index in [1.54, 1.807) is 0 Å². The van der Waals surface area contributed by atoms with Gasteiger partial charge in [-0.15, -0.1) is 5.92 Å². The van der Waals surface area contributed by atoms with Crippen molar-refractivity contribution in [3.63, 3.8) is 0 Å². The Morgan fingerprint density at radius 2 is 2.08 bits per heavy atom. The van der Waals surface area contributed by atoms with Crippen molar-refractivity contribution in [1.29, 1.82) is 0 Å². The number of benzene rings is 1. The van der Waals surface area contributed by atoms with Crippen LogP contribution in [-0.4, -0.2) is 6.54 Å². The van der Waals surface area contributed by atoms with Crippen LogP contribution in [0.4, 0.5) is 5.69 Å². The molecule has 1 heterocycles. The molecule has 58 valence electrons. The van der Waals surface area contributed by atoms with Crippen molar-refractivity contribution in [1.82, 2.24) is 0 Å². The van der Waals surface area contributed by atoms with Crippen molar-refractivity contribution in [3.05, 3.63) is 36.8 Å². The molecule has 0 bridgehead atoms. The summed E-state index contributed by atoms with van der Waals surface area (Å²) in [5, 5.41) is 3.35. The molecular weight excluding hydrogens is 141 g/mol. The minimum atomic E-state index is 0. The van der Waals surface area contributed by atoms with Crippen LogP contribution in [-0.2, 0) is 0 Å². The number of rotatable bonds is 0. The first-order valence-electron chi connectivity index (χ1n) is 4.04. The van der Waals surface area contributed by atoms with E-state index in [1.807, 2.05) is 0 Å². The molecule has 1 unspecified atom stereocenters. The molecule has 2 rings (SSSR count). The molecule has 0 saturated heterocycles. The van der Waals surface area contributed by atoms with Crippen LogP contribution in [0.15, 0.2) is 24.3 Å². The summed E-state index contributed by atoms with van der Waals surface area (Å²) in [6, 6.07) is 8.40. The third kappa shape index (κ3) is 1.68. The van der Waals surface area contributed by atoms with Gasteiger partial charge in [-0.1, -0.05) is 30.2 Å². The Labute approximate surface area is 85.7 Å². The van der Waals surface area contributed by atoms with Gasteiger partial charge in [-0.3, -0.25) is 0 Å². The number of nitrogens with one attached hydrogen (secondary N) is 1. The zero-order valence-electron chi connectivity index (χ0n) is 7.51. The smallest absolute Gasteiger partial charge is 0.385 e. The topological polar surface area (TPSA) is 12.0 Å². The Morgan fingerprint density at radius 1 is 1.33 bits per heavy atom. The van der Waals surface area contributed by atoms with Crippen LogP contribution in [0, 0.1) is 6.92 Å². The van der Waals surface area contributed by atoms with E-state index in [9.17, 15) is 0 Å². The van der Waals surface area contributed by atoms with Gasteiger partial charge in [-0.2, -0.15) is 0 Å². The summed E-state index contributed by atoms with van der Waals surface area (Å²) >= 11 is 0. The van der Waals surface area contributed by atoms with Crippen LogP contribution in [0.1, 0.15) is 17.9 Å². The van der Waals surface area contributed by atoms with Crippen LogP contribution in [0.25, 0.3) is 0 Å². The fourth-order valence-corrected chi connectivity index (χ4v) is 1.55. The van der Waals surface area contributed by atoms with Gasteiger partial charge in [-0.25, -0.2) is 0 Å². The van der Waals surface area contributed by atoms with Crippen molar-refractivity contribution in [2.45, 2.75) is 12.3 Å². The summed E-state index contributed by atoms with van der Waals surface area (Å²) in [6.45, 7) is 5.16. The number of anilines is 1. The molecule has 0 radical (unpaired) electrons. The van der Waals surface area contributed by atoms with Crippen LogP contribution >= 0.6 is 0 Å². The zero-order valence-corrected chi connectivity index (χ0v) is 7.51. The van der Waals surface area contributed by atoms with Gasteiger partial charge in [0, 0.05) is 12.2 Å². The third-order valence-corrected chi connectivity index (χ3v) is 2.21. The Morgan fingerprint density at radius 3 is 2.83 bits per heavy atom. The van der Waals surface area contributed by atoms with Gasteiger partial charge in [0.2, 0.25) is 0 Å². The monoisotopic (exact) mass is 153 g/mol. The predicted molar refractivity (Wildman–Crippen MR) is 47.6 cm³/mol. The second-order valence-corrected chi connectivity index (χ2v) is 3.00. The number of fused-ring (bicyclic) bond motifs is 1. The van der Waals surface area contributed by atoms with Crippen molar-refractivity contribution in [2.24, 2.45) is 0 Å². The van der Waals surface area contributed by atoms with E-state index in [0.717, 1.165) is 13.0 Å². The molecule has 0 saturated carbocycles. The summed E-state index contributed by atoms with van der Waals surface area (Å²) in [5.41, 5.74) is 2.62. The molecular formula is C10H12LiN. The van der Waals surface area contributed by atoms with Crippen LogP contribution < -0.4 is 24.2 Å². The number of hydrogen-bond acceptors (Lipinski definition) is 1. The fraction of sp³-hybridized carbons (Fsp3) is 0.300. The third-order valence-electron chi connectivity index (χ3n) is 2.21. The maximum absolute atomic E-state index is 4.10. The summed E-state index contributed by atoms with van der Waals surface area (Å²) < 4.78 is 0. The molecule has 0 spiro atoms. The molecule has 1 aromatic rings. The molecule has 0 aromatic heterocycles. The Hall–Kier alpha value is -0.383. The van der Waals surface area contributed by atoms with E-state index in [2.05, 4.69) is 36.5 Å². The summed E-state index contributed by atoms with van der Waals surface area (Å²) in [6.07, 6.45) is 1.15. The largest absolute Gasteiger partial charge is 1.00 e. The Kier molecular flexibility index (Phi) is 3.26. The van der Waals surface area contributed by atoms with Gasteiger partial charge in [-0.05, 0) is 6.07 Å². The summed E-state index contributed by atoms with van der Waals surface area (Å²) in [5.74, 6) is 0.479. The first-order chi connectivity index (χ1) is 5.38. The van der Waals surface area contributed by atoms with Gasteiger partial charge < -0.3 is 12.2 Å². The van der Waals surface area contributed by atoms with Crippen LogP contribution in [0.3, 0.4) is 0 Å². The van der Waals surface area contributed by atoms with Crippen molar-refractivity contribution in [3.8, 4) is 0 Å². The molecule has 1 N–H and O–H groups in total. The maximum atomic E-state index is 4.10. The van der Waals surface area contributed by atoms with E-state index in [0.29, 0.717) is 5.92 Å². The van der Waals surface area contributed by atoms with Crippen molar-refractivity contribution < 1.29 is 18.9 Å². The first-order valence-corrected chi connectivity index (χ1v) is 4.04. The second kappa shape index (κ2) is 4.03. The fourth-order valence-electron chi connectivity index (χ4n) is 1.55. The Balaban J connectivity index is 0.000000720. The van der Waals surface area contributed by atoms with Gasteiger partial charge in [0.1, 0.15) is 0 Å². The minimum absolute atomic E-state index is 0. The SMILES string of the molecule is [CH2-]C1CCNc2ccccc21.[Li+].